The predicted molar refractivity (Wildman–Crippen MR) is 91.5 cm³/mol. The molecule has 21 heavy (non-hydrogen) atoms. The van der Waals surface area contributed by atoms with E-state index < -0.39 is 0 Å². The molecule has 0 amide bonds. The van der Waals surface area contributed by atoms with Crippen LogP contribution < -0.4 is 16.2 Å². The van der Waals surface area contributed by atoms with Gasteiger partial charge in [0.15, 0.2) is 5.11 Å². The first-order valence-corrected chi connectivity index (χ1v) is 7.55. The van der Waals surface area contributed by atoms with E-state index >= 15 is 0 Å². The topological polar surface area (TPSA) is 39.3 Å². The van der Waals surface area contributed by atoms with Gasteiger partial charge in [0, 0.05) is 38.3 Å². The van der Waals surface area contributed by atoms with E-state index in [2.05, 4.69) is 64.1 Å². The second-order valence-corrected chi connectivity index (χ2v) is 5.36. The normalized spacial score (nSPS) is 15.0. The predicted octanol–water partition coefficient (Wildman–Crippen LogP) is 1.93. The minimum Gasteiger partial charge on any atom is -0.358 e. The zero-order valence-corrected chi connectivity index (χ0v) is 13.0. The molecule has 1 aromatic carbocycles. The summed E-state index contributed by atoms with van der Waals surface area (Å²) in [4.78, 5) is 2.43. The molecule has 1 heterocycles. The zero-order valence-electron chi connectivity index (χ0n) is 12.1. The molecule has 1 aliphatic heterocycles. The lowest BCUT2D eigenvalue weighted by Gasteiger charge is -2.27. The molecule has 0 saturated heterocycles. The van der Waals surface area contributed by atoms with Crippen molar-refractivity contribution in [2.24, 2.45) is 0 Å². The van der Waals surface area contributed by atoms with Crippen molar-refractivity contribution < 1.29 is 0 Å². The van der Waals surface area contributed by atoms with Crippen LogP contribution in [0, 0.1) is 0 Å². The Balaban J connectivity index is 1.72. The maximum Gasteiger partial charge on any atom is 0.185 e. The molecule has 1 aromatic rings. The molecular formula is C16H22N4S. The molecule has 4 nitrogen and oxygen atoms in total. The Morgan fingerprint density at radius 3 is 2.81 bits per heavy atom. The van der Waals surface area contributed by atoms with Gasteiger partial charge in [-0.1, -0.05) is 36.4 Å². The Morgan fingerprint density at radius 2 is 2.14 bits per heavy atom. The number of nitrogens with zero attached hydrogens (tertiary/aromatic N) is 1. The first-order valence-electron chi connectivity index (χ1n) is 7.14. The Kier molecular flexibility index (Phi) is 6.24. The fourth-order valence-electron chi connectivity index (χ4n) is 2.16. The second-order valence-electron chi connectivity index (χ2n) is 4.95. The lowest BCUT2D eigenvalue weighted by molar-refractivity contribution is 0.281. The van der Waals surface area contributed by atoms with Crippen LogP contribution in [0.3, 0.4) is 0 Å². The third-order valence-electron chi connectivity index (χ3n) is 3.29. The standard InChI is InChI=1S/C16H22N4S/c1-2-10-17-16(21)19-18-15-8-11-20(12-9-15)13-14-6-4-3-5-7-14/h2-8,18H,1,9-13H2,(H2,17,19,21). The van der Waals surface area contributed by atoms with Gasteiger partial charge in [-0.15, -0.1) is 6.58 Å². The van der Waals surface area contributed by atoms with Gasteiger partial charge in [0.1, 0.15) is 0 Å². The van der Waals surface area contributed by atoms with E-state index in [0.717, 1.165) is 26.1 Å². The van der Waals surface area contributed by atoms with Crippen molar-refractivity contribution >= 4 is 17.3 Å². The van der Waals surface area contributed by atoms with Crippen LogP contribution >= 0.6 is 12.2 Å². The molecule has 0 unspecified atom stereocenters. The third kappa shape index (κ3) is 5.57. The summed E-state index contributed by atoms with van der Waals surface area (Å²) in [5.41, 5.74) is 8.69. The highest BCUT2D eigenvalue weighted by molar-refractivity contribution is 7.80. The molecule has 0 bridgehead atoms. The third-order valence-corrected chi connectivity index (χ3v) is 3.53. The van der Waals surface area contributed by atoms with Crippen molar-refractivity contribution in [3.05, 3.63) is 60.3 Å². The van der Waals surface area contributed by atoms with Gasteiger partial charge >= 0.3 is 0 Å². The summed E-state index contributed by atoms with van der Waals surface area (Å²) in [6.07, 6.45) is 4.97. The number of benzene rings is 1. The average Bonchev–Trinajstić information content (AvgIpc) is 2.53. The second kappa shape index (κ2) is 8.44. The number of thiocarbonyl (C=S) groups is 1. The number of nitrogens with one attached hydrogen (secondary N) is 3. The molecule has 0 aromatic heterocycles. The summed E-state index contributed by atoms with van der Waals surface area (Å²) in [5, 5.41) is 3.60. The van der Waals surface area contributed by atoms with Gasteiger partial charge in [0.25, 0.3) is 0 Å². The van der Waals surface area contributed by atoms with Crippen LogP contribution in [-0.2, 0) is 6.54 Å². The monoisotopic (exact) mass is 302 g/mol. The summed E-state index contributed by atoms with van der Waals surface area (Å²) in [6.45, 7) is 7.29. The highest BCUT2D eigenvalue weighted by atomic mass is 32.1. The molecule has 0 aliphatic carbocycles. The van der Waals surface area contributed by atoms with Crippen LogP contribution in [-0.4, -0.2) is 29.6 Å². The Bertz CT molecular complexity index is 498. The highest BCUT2D eigenvalue weighted by Crippen LogP contribution is 2.11. The Labute approximate surface area is 131 Å². The van der Waals surface area contributed by atoms with Crippen molar-refractivity contribution in [1.29, 1.82) is 0 Å². The van der Waals surface area contributed by atoms with Gasteiger partial charge in [0.2, 0.25) is 0 Å². The number of hydrogen-bond acceptors (Lipinski definition) is 3. The average molecular weight is 302 g/mol. The molecule has 0 fully saturated rings. The van der Waals surface area contributed by atoms with Crippen molar-refractivity contribution in [3.63, 3.8) is 0 Å². The van der Waals surface area contributed by atoms with E-state index in [4.69, 9.17) is 12.2 Å². The number of rotatable bonds is 6. The van der Waals surface area contributed by atoms with Crippen LogP contribution in [0.15, 0.2) is 54.8 Å². The largest absolute Gasteiger partial charge is 0.358 e. The van der Waals surface area contributed by atoms with E-state index in [0.29, 0.717) is 11.7 Å². The first kappa shape index (κ1) is 15.5. The maximum absolute atomic E-state index is 5.13. The summed E-state index contributed by atoms with van der Waals surface area (Å²) in [6, 6.07) is 10.6. The smallest absolute Gasteiger partial charge is 0.185 e. The van der Waals surface area contributed by atoms with Crippen molar-refractivity contribution in [2.45, 2.75) is 13.0 Å². The quantitative estimate of drug-likeness (QED) is 0.425. The van der Waals surface area contributed by atoms with Crippen LogP contribution in [0.4, 0.5) is 0 Å². The van der Waals surface area contributed by atoms with Crippen LogP contribution in [0.2, 0.25) is 0 Å². The van der Waals surface area contributed by atoms with E-state index in [9.17, 15) is 0 Å². The van der Waals surface area contributed by atoms with E-state index in [1.807, 2.05) is 0 Å². The van der Waals surface area contributed by atoms with Gasteiger partial charge < -0.3 is 10.7 Å². The molecule has 0 atom stereocenters. The molecule has 0 saturated carbocycles. The van der Waals surface area contributed by atoms with Crippen LogP contribution in [0.25, 0.3) is 0 Å². The van der Waals surface area contributed by atoms with E-state index in [1.54, 1.807) is 6.08 Å². The highest BCUT2D eigenvalue weighted by Gasteiger charge is 2.11. The van der Waals surface area contributed by atoms with E-state index in [1.165, 1.54) is 11.3 Å². The molecule has 3 N–H and O–H groups in total. The van der Waals surface area contributed by atoms with E-state index in [-0.39, 0.29) is 0 Å². The summed E-state index contributed by atoms with van der Waals surface area (Å²) >= 11 is 5.13. The maximum atomic E-state index is 5.13. The fraction of sp³-hybridized carbons (Fsp3) is 0.312. The molecule has 0 spiro atoms. The first-order chi connectivity index (χ1) is 10.3. The summed E-state index contributed by atoms with van der Waals surface area (Å²) < 4.78 is 0. The molecular weight excluding hydrogens is 280 g/mol. The van der Waals surface area contributed by atoms with Crippen LogP contribution in [0.5, 0.6) is 0 Å². The summed E-state index contributed by atoms with van der Waals surface area (Å²) in [7, 11) is 0. The van der Waals surface area contributed by atoms with Crippen molar-refractivity contribution in [2.75, 3.05) is 19.6 Å². The van der Waals surface area contributed by atoms with Gasteiger partial charge in [-0.2, -0.15) is 0 Å². The SMILES string of the molecule is C=CCNC(=S)NNC1=CCN(Cc2ccccc2)CC1. The molecule has 5 heteroatoms. The summed E-state index contributed by atoms with van der Waals surface area (Å²) in [5.74, 6) is 0. The fourth-order valence-corrected chi connectivity index (χ4v) is 2.29. The molecule has 0 radical (unpaired) electrons. The Hall–Kier alpha value is -1.85. The van der Waals surface area contributed by atoms with Crippen molar-refractivity contribution in [3.8, 4) is 0 Å². The van der Waals surface area contributed by atoms with Gasteiger partial charge in [-0.25, -0.2) is 0 Å². The van der Waals surface area contributed by atoms with Crippen LogP contribution in [0.1, 0.15) is 12.0 Å². The lowest BCUT2D eigenvalue weighted by atomic mass is 10.1. The zero-order chi connectivity index (χ0) is 14.9. The number of hydrazine groups is 1. The molecule has 112 valence electrons. The minimum absolute atomic E-state index is 0.586. The molecule has 2 rings (SSSR count). The van der Waals surface area contributed by atoms with Crippen molar-refractivity contribution in [1.82, 2.24) is 21.1 Å². The Morgan fingerprint density at radius 1 is 1.33 bits per heavy atom. The lowest BCUT2D eigenvalue weighted by Crippen LogP contribution is -2.45. The van der Waals surface area contributed by atoms with Gasteiger partial charge in [-0.3, -0.25) is 10.3 Å². The minimum atomic E-state index is 0.586. The molecule has 1 aliphatic rings. The number of hydrogen-bond donors (Lipinski definition) is 3. The van der Waals surface area contributed by atoms with Gasteiger partial charge in [0.05, 0.1) is 0 Å². The van der Waals surface area contributed by atoms with Gasteiger partial charge in [-0.05, 0) is 23.9 Å².